The van der Waals surface area contributed by atoms with Crippen molar-refractivity contribution >= 4 is 0 Å². The Bertz CT molecular complexity index is 241. The lowest BCUT2D eigenvalue weighted by Crippen LogP contribution is -2.68. The van der Waals surface area contributed by atoms with Gasteiger partial charge < -0.3 is 5.32 Å². The molecule has 2 rings (SSSR count). The van der Waals surface area contributed by atoms with Gasteiger partial charge in [0.15, 0.2) is 0 Å². The summed E-state index contributed by atoms with van der Waals surface area (Å²) in [6.45, 7) is 10.8. The van der Waals surface area contributed by atoms with Gasteiger partial charge in [-0.2, -0.15) is 0 Å². The average molecular weight is 238 g/mol. The Morgan fingerprint density at radius 3 is 2.47 bits per heavy atom. The van der Waals surface area contributed by atoms with Gasteiger partial charge >= 0.3 is 0 Å². The molecule has 1 saturated carbocycles. The van der Waals surface area contributed by atoms with Gasteiger partial charge in [-0.05, 0) is 39.7 Å². The second-order valence-electron chi connectivity index (χ2n) is 6.78. The number of piperazine rings is 1. The fraction of sp³-hybridized carbons (Fsp3) is 1.00. The van der Waals surface area contributed by atoms with Crippen LogP contribution in [0.2, 0.25) is 0 Å². The number of hydrogen-bond donors (Lipinski definition) is 1. The van der Waals surface area contributed by atoms with Gasteiger partial charge in [-0.3, -0.25) is 4.90 Å². The predicted molar refractivity (Wildman–Crippen MR) is 74.4 cm³/mol. The van der Waals surface area contributed by atoms with E-state index in [9.17, 15) is 0 Å². The van der Waals surface area contributed by atoms with Crippen molar-refractivity contribution in [3.8, 4) is 0 Å². The molecule has 1 saturated heterocycles. The van der Waals surface area contributed by atoms with Gasteiger partial charge in [0.1, 0.15) is 0 Å². The number of hydrogen-bond acceptors (Lipinski definition) is 2. The highest BCUT2D eigenvalue weighted by atomic mass is 15.3. The van der Waals surface area contributed by atoms with Crippen LogP contribution in [0.4, 0.5) is 0 Å². The molecule has 0 unspecified atom stereocenters. The molecule has 0 aromatic rings. The van der Waals surface area contributed by atoms with Crippen LogP contribution < -0.4 is 5.32 Å². The fourth-order valence-corrected chi connectivity index (χ4v) is 3.45. The summed E-state index contributed by atoms with van der Waals surface area (Å²) < 4.78 is 0. The second kappa shape index (κ2) is 5.27. The molecule has 0 bridgehead atoms. The number of nitrogens with zero attached hydrogens (tertiary/aromatic N) is 1. The summed E-state index contributed by atoms with van der Waals surface area (Å²) in [6, 6.07) is 0. The van der Waals surface area contributed by atoms with Crippen LogP contribution in [0.3, 0.4) is 0 Å². The van der Waals surface area contributed by atoms with E-state index in [1.54, 1.807) is 0 Å². The maximum atomic E-state index is 3.89. The van der Waals surface area contributed by atoms with Crippen molar-refractivity contribution in [3.05, 3.63) is 0 Å². The molecule has 2 heteroatoms. The quantitative estimate of drug-likeness (QED) is 0.812. The lowest BCUT2D eigenvalue weighted by molar-refractivity contribution is 0.0101. The Balaban J connectivity index is 2.00. The lowest BCUT2D eigenvalue weighted by atomic mass is 9.77. The van der Waals surface area contributed by atoms with Crippen molar-refractivity contribution in [1.82, 2.24) is 10.2 Å². The summed E-state index contributed by atoms with van der Waals surface area (Å²) in [6.07, 6.45) is 9.75. The number of rotatable bonds is 3. The van der Waals surface area contributed by atoms with E-state index in [-0.39, 0.29) is 0 Å². The highest BCUT2D eigenvalue weighted by Crippen LogP contribution is 2.34. The van der Waals surface area contributed by atoms with Gasteiger partial charge in [0, 0.05) is 24.2 Å². The molecule has 0 amide bonds. The van der Waals surface area contributed by atoms with Crippen LogP contribution in [0.5, 0.6) is 0 Å². The summed E-state index contributed by atoms with van der Waals surface area (Å²) in [5, 5.41) is 3.89. The van der Waals surface area contributed by atoms with Crippen LogP contribution in [0, 0.1) is 0 Å². The molecular weight excluding hydrogens is 208 g/mol. The summed E-state index contributed by atoms with van der Waals surface area (Å²) in [5.74, 6) is 0. The lowest BCUT2D eigenvalue weighted by Gasteiger charge is -2.53. The molecule has 1 aliphatic heterocycles. The Morgan fingerprint density at radius 1 is 1.12 bits per heavy atom. The van der Waals surface area contributed by atoms with Gasteiger partial charge in [0.25, 0.3) is 0 Å². The van der Waals surface area contributed by atoms with E-state index in [1.165, 1.54) is 58.0 Å². The zero-order valence-electron chi connectivity index (χ0n) is 12.0. The summed E-state index contributed by atoms with van der Waals surface area (Å²) in [5.41, 5.74) is 0.805. The maximum absolute atomic E-state index is 3.89. The van der Waals surface area contributed by atoms with E-state index < -0.39 is 0 Å². The molecule has 0 aromatic heterocycles. The monoisotopic (exact) mass is 238 g/mol. The first kappa shape index (κ1) is 13.4. The SMILES string of the molecule is CCCCN1CC2(CCCCC2)NCC1(C)C. The van der Waals surface area contributed by atoms with Crippen LogP contribution in [0.25, 0.3) is 0 Å². The van der Waals surface area contributed by atoms with E-state index >= 15 is 0 Å². The van der Waals surface area contributed by atoms with Crippen LogP contribution in [0.1, 0.15) is 65.7 Å². The van der Waals surface area contributed by atoms with Crippen molar-refractivity contribution in [3.63, 3.8) is 0 Å². The van der Waals surface area contributed by atoms with Gasteiger partial charge in [-0.1, -0.05) is 32.6 Å². The Labute approximate surface area is 107 Å². The second-order valence-corrected chi connectivity index (χ2v) is 6.78. The minimum absolute atomic E-state index is 0.345. The molecule has 2 fully saturated rings. The van der Waals surface area contributed by atoms with Crippen molar-refractivity contribution in [2.24, 2.45) is 0 Å². The van der Waals surface area contributed by atoms with Crippen molar-refractivity contribution in [2.45, 2.75) is 76.8 Å². The van der Waals surface area contributed by atoms with Crippen LogP contribution in [-0.4, -0.2) is 35.6 Å². The molecular formula is C15H30N2. The summed E-state index contributed by atoms with van der Waals surface area (Å²) in [4.78, 5) is 2.75. The van der Waals surface area contributed by atoms with E-state index in [1.807, 2.05) is 0 Å². The molecule has 100 valence electrons. The first-order valence-corrected chi connectivity index (χ1v) is 7.58. The largest absolute Gasteiger partial charge is 0.308 e. The molecule has 0 aromatic carbocycles. The Kier molecular flexibility index (Phi) is 4.14. The molecule has 0 atom stereocenters. The third kappa shape index (κ3) is 3.03. The van der Waals surface area contributed by atoms with Gasteiger partial charge in [-0.25, -0.2) is 0 Å². The minimum atomic E-state index is 0.345. The molecule has 1 spiro atoms. The molecule has 17 heavy (non-hydrogen) atoms. The highest BCUT2D eigenvalue weighted by Gasteiger charge is 2.42. The Hall–Kier alpha value is -0.0800. The topological polar surface area (TPSA) is 15.3 Å². The van der Waals surface area contributed by atoms with Crippen LogP contribution >= 0.6 is 0 Å². The molecule has 2 aliphatic rings. The zero-order chi connectivity index (χ0) is 12.4. The molecule has 1 heterocycles. The fourth-order valence-electron chi connectivity index (χ4n) is 3.45. The number of nitrogens with one attached hydrogen (secondary N) is 1. The number of unbranched alkanes of at least 4 members (excludes halogenated alkanes) is 1. The summed E-state index contributed by atoms with van der Waals surface area (Å²) >= 11 is 0. The van der Waals surface area contributed by atoms with E-state index in [0.717, 1.165) is 6.54 Å². The first-order chi connectivity index (χ1) is 8.08. The standard InChI is InChI=1S/C15H30N2/c1-4-5-11-17-13-15(9-7-6-8-10-15)16-12-14(17,2)3/h16H,4-13H2,1-3H3. The molecule has 2 nitrogen and oxygen atoms in total. The Morgan fingerprint density at radius 2 is 1.82 bits per heavy atom. The van der Waals surface area contributed by atoms with Crippen molar-refractivity contribution in [2.75, 3.05) is 19.6 Å². The first-order valence-electron chi connectivity index (χ1n) is 7.58. The third-order valence-corrected chi connectivity index (χ3v) is 4.84. The average Bonchev–Trinajstić information content (AvgIpc) is 2.32. The minimum Gasteiger partial charge on any atom is -0.308 e. The van der Waals surface area contributed by atoms with Gasteiger partial charge in [0.05, 0.1) is 0 Å². The van der Waals surface area contributed by atoms with E-state index in [4.69, 9.17) is 0 Å². The van der Waals surface area contributed by atoms with E-state index in [0.29, 0.717) is 11.1 Å². The predicted octanol–water partition coefficient (Wildman–Crippen LogP) is 3.17. The molecule has 1 aliphatic carbocycles. The summed E-state index contributed by atoms with van der Waals surface area (Å²) in [7, 11) is 0. The van der Waals surface area contributed by atoms with Crippen molar-refractivity contribution in [1.29, 1.82) is 0 Å². The zero-order valence-corrected chi connectivity index (χ0v) is 12.0. The van der Waals surface area contributed by atoms with Gasteiger partial charge in [-0.15, -0.1) is 0 Å². The molecule has 1 N–H and O–H groups in total. The maximum Gasteiger partial charge on any atom is 0.0309 e. The third-order valence-electron chi connectivity index (χ3n) is 4.84. The van der Waals surface area contributed by atoms with Crippen LogP contribution in [-0.2, 0) is 0 Å². The molecule has 0 radical (unpaired) electrons. The highest BCUT2D eigenvalue weighted by molar-refractivity contribution is 5.02. The van der Waals surface area contributed by atoms with E-state index in [2.05, 4.69) is 31.0 Å². The van der Waals surface area contributed by atoms with Crippen LogP contribution in [0.15, 0.2) is 0 Å². The normalized spacial score (nSPS) is 28.4. The van der Waals surface area contributed by atoms with Crippen molar-refractivity contribution < 1.29 is 0 Å². The smallest absolute Gasteiger partial charge is 0.0309 e. The van der Waals surface area contributed by atoms with Gasteiger partial charge in [0.2, 0.25) is 0 Å².